The second-order valence-electron chi connectivity index (χ2n) is 6.05. The average Bonchev–Trinajstić information content (AvgIpc) is 3.30. The van der Waals surface area contributed by atoms with Gasteiger partial charge >= 0.3 is 0 Å². The Morgan fingerprint density at radius 1 is 1.12 bits per heavy atom. The normalized spacial score (nSPS) is 11.2. The predicted molar refractivity (Wildman–Crippen MR) is 96.9 cm³/mol. The number of nitrogens with zero attached hydrogens (tertiary/aromatic N) is 5. The van der Waals surface area contributed by atoms with Crippen LogP contribution in [0.4, 0.5) is 0 Å². The van der Waals surface area contributed by atoms with Crippen LogP contribution in [0.25, 0.3) is 22.4 Å². The highest BCUT2D eigenvalue weighted by molar-refractivity contribution is 5.79. The van der Waals surface area contributed by atoms with Gasteiger partial charge < -0.3 is 9.26 Å². The second-order valence-corrected chi connectivity index (χ2v) is 6.05. The summed E-state index contributed by atoms with van der Waals surface area (Å²) in [5, 5.41) is 12.5. The standard InChI is InChI=1S/C19H19N5O2/c1-3-10-24-17-9-6-14(12-16(17)21-23-24)19-20-18(26-22-19)11-13-4-7-15(25-2)8-5-13/h4-9,12H,3,10-11H2,1-2H3. The molecule has 4 rings (SSSR count). The topological polar surface area (TPSA) is 78.9 Å². The van der Waals surface area contributed by atoms with Gasteiger partial charge in [0, 0.05) is 12.1 Å². The molecule has 2 heterocycles. The molecule has 0 atom stereocenters. The zero-order valence-corrected chi connectivity index (χ0v) is 14.7. The summed E-state index contributed by atoms with van der Waals surface area (Å²) < 4.78 is 12.5. The zero-order chi connectivity index (χ0) is 17.9. The van der Waals surface area contributed by atoms with Crippen molar-refractivity contribution in [1.29, 1.82) is 0 Å². The largest absolute Gasteiger partial charge is 0.497 e. The summed E-state index contributed by atoms with van der Waals surface area (Å²) in [6.45, 7) is 2.97. The molecule has 0 spiro atoms. The predicted octanol–water partition coefficient (Wildman–Crippen LogP) is 3.49. The van der Waals surface area contributed by atoms with Crippen LogP contribution in [-0.4, -0.2) is 32.2 Å². The minimum absolute atomic E-state index is 0.556. The minimum atomic E-state index is 0.556. The molecule has 0 radical (unpaired) electrons. The number of methoxy groups -OCH3 is 1. The first-order chi connectivity index (χ1) is 12.8. The van der Waals surface area contributed by atoms with E-state index >= 15 is 0 Å². The fraction of sp³-hybridized carbons (Fsp3) is 0.263. The van der Waals surface area contributed by atoms with Crippen LogP contribution in [0.1, 0.15) is 24.8 Å². The SMILES string of the molecule is CCCn1nnc2cc(-c3noc(Cc4ccc(OC)cc4)n3)ccc21. The van der Waals surface area contributed by atoms with Crippen molar-refractivity contribution in [3.8, 4) is 17.1 Å². The van der Waals surface area contributed by atoms with E-state index < -0.39 is 0 Å². The van der Waals surface area contributed by atoms with Crippen LogP contribution in [0.5, 0.6) is 5.75 Å². The number of ether oxygens (including phenoxy) is 1. The molecule has 0 N–H and O–H groups in total. The molecule has 0 aliphatic heterocycles. The van der Waals surface area contributed by atoms with Crippen LogP contribution >= 0.6 is 0 Å². The van der Waals surface area contributed by atoms with E-state index in [0.717, 1.165) is 40.9 Å². The van der Waals surface area contributed by atoms with Crippen molar-refractivity contribution in [2.45, 2.75) is 26.3 Å². The van der Waals surface area contributed by atoms with Gasteiger partial charge in [0.2, 0.25) is 11.7 Å². The van der Waals surface area contributed by atoms with Crippen molar-refractivity contribution >= 4 is 11.0 Å². The van der Waals surface area contributed by atoms with Gasteiger partial charge in [0.15, 0.2) is 0 Å². The maximum atomic E-state index is 5.40. The molecule has 0 aliphatic rings. The van der Waals surface area contributed by atoms with Crippen LogP contribution in [0.15, 0.2) is 47.0 Å². The van der Waals surface area contributed by atoms with Crippen molar-refractivity contribution in [2.24, 2.45) is 0 Å². The fourth-order valence-electron chi connectivity index (χ4n) is 2.85. The molecule has 0 amide bonds. The monoisotopic (exact) mass is 349 g/mol. The van der Waals surface area contributed by atoms with E-state index in [1.54, 1.807) is 7.11 Å². The molecule has 0 fully saturated rings. The molecule has 0 saturated carbocycles. The Morgan fingerprint density at radius 3 is 2.73 bits per heavy atom. The van der Waals surface area contributed by atoms with E-state index in [-0.39, 0.29) is 0 Å². The van der Waals surface area contributed by atoms with Crippen LogP contribution < -0.4 is 4.74 Å². The Morgan fingerprint density at radius 2 is 1.96 bits per heavy atom. The average molecular weight is 349 g/mol. The third kappa shape index (κ3) is 3.15. The minimum Gasteiger partial charge on any atom is -0.497 e. The van der Waals surface area contributed by atoms with Gasteiger partial charge in [-0.05, 0) is 42.3 Å². The first-order valence-electron chi connectivity index (χ1n) is 8.56. The van der Waals surface area contributed by atoms with E-state index in [1.807, 2.05) is 47.1 Å². The van der Waals surface area contributed by atoms with E-state index in [4.69, 9.17) is 9.26 Å². The molecular weight excluding hydrogens is 330 g/mol. The van der Waals surface area contributed by atoms with Crippen LogP contribution in [-0.2, 0) is 13.0 Å². The summed E-state index contributed by atoms with van der Waals surface area (Å²) in [7, 11) is 1.65. The first kappa shape index (κ1) is 16.3. The fourth-order valence-corrected chi connectivity index (χ4v) is 2.85. The molecule has 2 aromatic carbocycles. The van der Waals surface area contributed by atoms with E-state index in [1.165, 1.54) is 0 Å². The van der Waals surface area contributed by atoms with Gasteiger partial charge in [-0.3, -0.25) is 0 Å². The lowest BCUT2D eigenvalue weighted by Crippen LogP contribution is -1.98. The number of aryl methyl sites for hydroxylation is 1. The van der Waals surface area contributed by atoms with Crippen molar-refractivity contribution in [2.75, 3.05) is 7.11 Å². The van der Waals surface area contributed by atoms with Crippen molar-refractivity contribution in [1.82, 2.24) is 25.1 Å². The Bertz CT molecular complexity index is 1020. The molecular formula is C19H19N5O2. The summed E-state index contributed by atoms with van der Waals surface area (Å²) in [6, 6.07) is 13.7. The molecule has 2 aromatic heterocycles. The number of benzene rings is 2. The highest BCUT2D eigenvalue weighted by Crippen LogP contribution is 2.22. The van der Waals surface area contributed by atoms with Gasteiger partial charge in [0.05, 0.1) is 19.0 Å². The highest BCUT2D eigenvalue weighted by atomic mass is 16.5. The number of hydrogen-bond donors (Lipinski definition) is 0. The summed E-state index contributed by atoms with van der Waals surface area (Å²) >= 11 is 0. The molecule has 4 aromatic rings. The number of aromatic nitrogens is 5. The molecule has 0 aliphatic carbocycles. The molecule has 132 valence electrons. The van der Waals surface area contributed by atoms with Crippen molar-refractivity contribution in [3.05, 3.63) is 53.9 Å². The summed E-state index contributed by atoms with van der Waals surface area (Å²) in [6.07, 6.45) is 1.59. The van der Waals surface area contributed by atoms with E-state index in [2.05, 4.69) is 27.4 Å². The molecule has 0 saturated heterocycles. The zero-order valence-electron chi connectivity index (χ0n) is 14.7. The molecule has 0 unspecified atom stereocenters. The Hall–Kier alpha value is -3.22. The van der Waals surface area contributed by atoms with Gasteiger partial charge in [-0.1, -0.05) is 29.4 Å². The lowest BCUT2D eigenvalue weighted by molar-refractivity contribution is 0.385. The number of hydrogen-bond acceptors (Lipinski definition) is 6. The quantitative estimate of drug-likeness (QED) is 0.530. The molecule has 26 heavy (non-hydrogen) atoms. The summed E-state index contributed by atoms with van der Waals surface area (Å²) in [5.74, 6) is 1.95. The Balaban J connectivity index is 1.56. The Labute approximate surface area is 150 Å². The lowest BCUT2D eigenvalue weighted by atomic mass is 10.1. The van der Waals surface area contributed by atoms with Crippen LogP contribution in [0.2, 0.25) is 0 Å². The second kappa shape index (κ2) is 6.95. The van der Waals surface area contributed by atoms with E-state index in [9.17, 15) is 0 Å². The number of fused-ring (bicyclic) bond motifs is 1. The Kier molecular flexibility index (Phi) is 4.35. The van der Waals surface area contributed by atoms with Gasteiger partial charge in [-0.2, -0.15) is 4.98 Å². The summed E-state index contributed by atoms with van der Waals surface area (Å²) in [5.41, 5.74) is 3.79. The smallest absolute Gasteiger partial charge is 0.231 e. The van der Waals surface area contributed by atoms with Gasteiger partial charge in [0.1, 0.15) is 11.3 Å². The third-order valence-corrected chi connectivity index (χ3v) is 4.19. The van der Waals surface area contributed by atoms with Crippen molar-refractivity contribution < 1.29 is 9.26 Å². The van der Waals surface area contributed by atoms with Gasteiger partial charge in [-0.25, -0.2) is 4.68 Å². The molecule has 7 heteroatoms. The van der Waals surface area contributed by atoms with Crippen molar-refractivity contribution in [3.63, 3.8) is 0 Å². The third-order valence-electron chi connectivity index (χ3n) is 4.19. The lowest BCUT2D eigenvalue weighted by Gasteiger charge is -2.00. The van der Waals surface area contributed by atoms with E-state index in [0.29, 0.717) is 18.1 Å². The maximum Gasteiger partial charge on any atom is 0.231 e. The molecule has 7 nitrogen and oxygen atoms in total. The highest BCUT2D eigenvalue weighted by Gasteiger charge is 2.12. The van der Waals surface area contributed by atoms with Gasteiger partial charge in [-0.15, -0.1) is 5.10 Å². The van der Waals surface area contributed by atoms with Gasteiger partial charge in [0.25, 0.3) is 0 Å². The molecule has 0 bridgehead atoms. The maximum absolute atomic E-state index is 5.40. The van der Waals surface area contributed by atoms with Crippen LogP contribution in [0.3, 0.4) is 0 Å². The first-order valence-corrected chi connectivity index (χ1v) is 8.56. The van der Waals surface area contributed by atoms with Crippen LogP contribution in [0, 0.1) is 0 Å². The summed E-state index contributed by atoms with van der Waals surface area (Å²) in [4.78, 5) is 4.50. The number of rotatable bonds is 6.